The predicted molar refractivity (Wildman–Crippen MR) is 146 cm³/mol. The third-order valence-corrected chi connectivity index (χ3v) is 11.4. The highest BCUT2D eigenvalue weighted by molar-refractivity contribution is 8.31. The average molecular weight is 499 g/mol. The molecule has 0 saturated heterocycles. The van der Waals surface area contributed by atoms with Gasteiger partial charge in [0.2, 0.25) is 0 Å². The first-order valence-electron chi connectivity index (χ1n) is 12.8. The maximum absolute atomic E-state index is 12.5. The summed E-state index contributed by atoms with van der Waals surface area (Å²) in [6, 6.07) is 4.22. The van der Waals surface area contributed by atoms with E-state index in [0.717, 1.165) is 25.0 Å². The van der Waals surface area contributed by atoms with Crippen molar-refractivity contribution >= 4 is 10.3 Å². The van der Waals surface area contributed by atoms with E-state index in [1.54, 1.807) is 13.0 Å². The van der Waals surface area contributed by atoms with E-state index in [0.29, 0.717) is 21.3 Å². The van der Waals surface area contributed by atoms with Crippen LogP contribution in [0.1, 0.15) is 105 Å². The van der Waals surface area contributed by atoms with Gasteiger partial charge in [0.1, 0.15) is 6.10 Å². The lowest BCUT2D eigenvalue weighted by Crippen LogP contribution is -2.32. The third kappa shape index (κ3) is 7.38. The second-order valence-corrected chi connectivity index (χ2v) is 14.0. The molecular formula is C28H48F2N2OS. The largest absolute Gasteiger partial charge is 0.326 e. The van der Waals surface area contributed by atoms with Crippen molar-refractivity contribution in [1.29, 1.82) is 0 Å². The van der Waals surface area contributed by atoms with Crippen LogP contribution in [0.3, 0.4) is 0 Å². The molecule has 2 aliphatic carbocycles. The Labute approximate surface area is 209 Å². The Morgan fingerprint density at radius 3 is 2.12 bits per heavy atom. The van der Waals surface area contributed by atoms with E-state index < -0.39 is 22.7 Å². The molecule has 2 aliphatic rings. The summed E-state index contributed by atoms with van der Waals surface area (Å²) in [6.07, 6.45) is 6.60. The van der Waals surface area contributed by atoms with Crippen LogP contribution in [0.15, 0.2) is 42.1 Å². The van der Waals surface area contributed by atoms with E-state index in [-0.39, 0.29) is 12.1 Å². The van der Waals surface area contributed by atoms with Crippen molar-refractivity contribution < 1.29 is 13.0 Å². The number of alkyl halides is 2. The molecule has 1 aromatic rings. The molecule has 3 rings (SSSR count). The van der Waals surface area contributed by atoms with Gasteiger partial charge < -0.3 is 9.92 Å². The van der Waals surface area contributed by atoms with Crippen molar-refractivity contribution in [1.82, 2.24) is 4.98 Å². The highest BCUT2D eigenvalue weighted by Gasteiger charge is 2.39. The molecule has 1 aromatic heterocycles. The molecule has 4 unspecified atom stereocenters. The topological polar surface area (TPSA) is 48.1 Å². The highest BCUT2D eigenvalue weighted by atomic mass is 32.3. The van der Waals surface area contributed by atoms with Gasteiger partial charge >= 0.3 is 0 Å². The Kier molecular flexibility index (Phi) is 13.0. The first-order valence-corrected chi connectivity index (χ1v) is 14.6. The summed E-state index contributed by atoms with van der Waals surface area (Å²) in [4.78, 5) is 4.68. The lowest BCUT2D eigenvalue weighted by atomic mass is 10.0. The number of nitrogens with zero attached hydrogens (tertiary/aromatic N) is 1. The van der Waals surface area contributed by atoms with Gasteiger partial charge in [0, 0.05) is 28.0 Å². The van der Waals surface area contributed by atoms with Crippen LogP contribution >= 0.6 is 10.3 Å². The van der Waals surface area contributed by atoms with E-state index in [2.05, 4.69) is 52.6 Å². The number of halogens is 2. The summed E-state index contributed by atoms with van der Waals surface area (Å²) < 4.78 is 31.8. The smallest absolute Gasteiger partial charge is 0.156 e. The van der Waals surface area contributed by atoms with Crippen LogP contribution in [0.4, 0.5) is 8.78 Å². The Morgan fingerprint density at radius 1 is 1.03 bits per heavy atom. The Morgan fingerprint density at radius 2 is 1.62 bits per heavy atom. The molecule has 2 N–H and O–H groups in total. The molecule has 0 radical (unpaired) electrons. The minimum Gasteiger partial charge on any atom is -0.326 e. The molecule has 0 aliphatic heterocycles. The molecule has 3 nitrogen and oxygen atoms in total. The van der Waals surface area contributed by atoms with E-state index in [4.69, 9.17) is 9.92 Å². The van der Waals surface area contributed by atoms with Gasteiger partial charge in [-0.3, -0.25) is 4.98 Å². The van der Waals surface area contributed by atoms with Crippen LogP contribution in [0, 0.1) is 0 Å². The van der Waals surface area contributed by atoms with E-state index in [9.17, 15) is 8.78 Å². The molecule has 0 spiro atoms. The first kappa shape index (κ1) is 30.8. The lowest BCUT2D eigenvalue weighted by Gasteiger charge is -2.52. The van der Waals surface area contributed by atoms with E-state index >= 15 is 0 Å². The van der Waals surface area contributed by atoms with Gasteiger partial charge in [-0.2, -0.15) is 0 Å². The molecule has 6 heteroatoms. The molecule has 0 bridgehead atoms. The molecule has 0 amide bonds. The van der Waals surface area contributed by atoms with Gasteiger partial charge in [-0.05, 0) is 49.5 Å². The van der Waals surface area contributed by atoms with Crippen molar-refractivity contribution in [2.45, 2.75) is 122 Å². The minimum atomic E-state index is -1.44. The van der Waals surface area contributed by atoms with Gasteiger partial charge in [0.15, 0.2) is 12.3 Å². The molecule has 0 fully saturated rings. The molecule has 1 heterocycles. The summed E-state index contributed by atoms with van der Waals surface area (Å²) in [5.41, 5.74) is 9.09. The number of pyridine rings is 1. The Bertz CT molecular complexity index is 773. The number of rotatable bonds is 5. The van der Waals surface area contributed by atoms with Gasteiger partial charge in [-0.15, -0.1) is 10.3 Å². The number of hydrogen-bond acceptors (Lipinski definition) is 3. The molecule has 34 heavy (non-hydrogen) atoms. The number of aromatic nitrogens is 1. The van der Waals surface area contributed by atoms with Crippen LogP contribution in [0.5, 0.6) is 0 Å². The zero-order valence-corrected chi connectivity index (χ0v) is 23.5. The van der Waals surface area contributed by atoms with Crippen molar-refractivity contribution in [3.63, 3.8) is 0 Å². The van der Waals surface area contributed by atoms with Gasteiger partial charge in [-0.25, -0.2) is 8.78 Å². The fourth-order valence-corrected chi connectivity index (χ4v) is 9.37. The zero-order valence-electron chi connectivity index (χ0n) is 22.7. The summed E-state index contributed by atoms with van der Waals surface area (Å²) in [7, 11) is -1.20. The fourth-order valence-electron chi connectivity index (χ4n) is 4.84. The molecule has 4 atom stereocenters. The van der Waals surface area contributed by atoms with Crippen molar-refractivity contribution in [3.8, 4) is 0 Å². The molecular weight excluding hydrogens is 450 g/mol. The second-order valence-electron chi connectivity index (χ2n) is 9.59. The maximum atomic E-state index is 12.5. The van der Waals surface area contributed by atoms with E-state index in [1.165, 1.54) is 17.7 Å². The van der Waals surface area contributed by atoms with Gasteiger partial charge in [0.25, 0.3) is 0 Å². The predicted octanol–water partition coefficient (Wildman–Crippen LogP) is 8.47. The maximum Gasteiger partial charge on any atom is 0.156 e. The Hall–Kier alpha value is -1.24. The highest BCUT2D eigenvalue weighted by Crippen LogP contribution is 2.64. The van der Waals surface area contributed by atoms with Crippen LogP contribution in [0.2, 0.25) is 0 Å². The van der Waals surface area contributed by atoms with Crippen molar-refractivity contribution in [2.24, 2.45) is 5.73 Å². The van der Waals surface area contributed by atoms with Crippen LogP contribution in [-0.4, -0.2) is 33.1 Å². The number of fused-ring (bicyclic) bond motifs is 1. The zero-order chi connectivity index (χ0) is 26.1. The normalized spacial score (nSPS) is 25.0. The number of allylic oxidation sites excluding steroid dienone is 4. The lowest BCUT2D eigenvalue weighted by molar-refractivity contribution is 0.209. The minimum absolute atomic E-state index is 0.0851. The number of nitrogens with two attached hydrogens (primary N) is 1. The summed E-state index contributed by atoms with van der Waals surface area (Å²) in [5.74, 6) is 0. The van der Waals surface area contributed by atoms with Crippen LogP contribution < -0.4 is 5.73 Å². The van der Waals surface area contributed by atoms with Crippen LogP contribution in [0.25, 0.3) is 0 Å². The average Bonchev–Trinajstić information content (AvgIpc) is 2.95. The third-order valence-electron chi connectivity index (χ3n) is 6.42. The van der Waals surface area contributed by atoms with Crippen LogP contribution in [-0.2, 0) is 4.18 Å². The quantitative estimate of drug-likeness (QED) is 0.414. The van der Waals surface area contributed by atoms with Gasteiger partial charge in [-0.1, -0.05) is 73.6 Å². The standard InChI is InChI=1S/C19H34N2OS.C7H8F2.C2H6/c1-13(2)23(14(3)4,15(5)6)22-18-11-7-10-17(20)16-9-8-12-21-19(16)18;1-5-3-2-4-6(8)7(5)9;1-2/h8-9,12-15,17-18H,7,10-11,20H2,1-6H3;2-4,6-7H,1H3;1-2H3. The molecule has 196 valence electrons. The fraction of sp³-hybridized carbons (Fsp3) is 0.679. The number of hydrogen-bond donors (Lipinski definition) is 1. The first-order chi connectivity index (χ1) is 16.0. The SMILES string of the molecule is CC.CC(C)S(OC1CCCC(N)c2cccnc21)(C(C)C)C(C)C.CC1=CC=CC(F)C1F. The summed E-state index contributed by atoms with van der Waals surface area (Å²) >= 11 is 0. The monoisotopic (exact) mass is 498 g/mol. The van der Waals surface area contributed by atoms with Crippen molar-refractivity contribution in [3.05, 3.63) is 53.4 Å². The Balaban J connectivity index is 0.000000437. The summed E-state index contributed by atoms with van der Waals surface area (Å²) in [5, 5.41) is 1.60. The van der Waals surface area contributed by atoms with E-state index in [1.807, 2.05) is 26.1 Å². The van der Waals surface area contributed by atoms with Gasteiger partial charge in [0.05, 0.1) is 5.69 Å². The molecule has 0 aromatic carbocycles. The summed E-state index contributed by atoms with van der Waals surface area (Å²) in [6.45, 7) is 19.5. The van der Waals surface area contributed by atoms with Crippen molar-refractivity contribution in [2.75, 3.05) is 0 Å². The second kappa shape index (κ2) is 14.4. The molecule has 0 saturated carbocycles.